The molecule has 1 heterocycles. The van der Waals surface area contributed by atoms with Gasteiger partial charge in [-0.05, 0) is 30.7 Å². The number of halogens is 3. The molecule has 1 amide bonds. The molecule has 0 unspecified atom stereocenters. The summed E-state index contributed by atoms with van der Waals surface area (Å²) in [6.45, 7) is 2.42. The van der Waals surface area contributed by atoms with E-state index in [1.807, 2.05) is 31.2 Å². The lowest BCUT2D eigenvalue weighted by atomic mass is 10.2. The summed E-state index contributed by atoms with van der Waals surface area (Å²) >= 11 is 13.6. The van der Waals surface area contributed by atoms with Gasteiger partial charge in [0.1, 0.15) is 5.82 Å². The highest BCUT2D eigenvalue weighted by Gasteiger charge is 2.19. The highest BCUT2D eigenvalue weighted by molar-refractivity contribution is 7.98. The van der Waals surface area contributed by atoms with Crippen LogP contribution in [0.25, 0.3) is 0 Å². The van der Waals surface area contributed by atoms with Gasteiger partial charge in [0, 0.05) is 17.3 Å². The average Bonchev–Trinajstić information content (AvgIpc) is 3.02. The van der Waals surface area contributed by atoms with Crippen molar-refractivity contribution in [3.8, 4) is 0 Å². The van der Waals surface area contributed by atoms with Crippen LogP contribution in [-0.4, -0.2) is 20.7 Å². The lowest BCUT2D eigenvalue weighted by molar-refractivity contribution is 0.102. The molecule has 0 saturated heterocycles. The second-order valence-electron chi connectivity index (χ2n) is 5.48. The fraction of sp³-hybridized carbons (Fsp3) is 0.167. The Labute approximate surface area is 169 Å². The van der Waals surface area contributed by atoms with Crippen molar-refractivity contribution in [2.75, 3.05) is 5.32 Å². The minimum absolute atomic E-state index is 0.0309. The highest BCUT2D eigenvalue weighted by Crippen LogP contribution is 2.27. The molecule has 27 heavy (non-hydrogen) atoms. The van der Waals surface area contributed by atoms with E-state index in [4.69, 9.17) is 23.2 Å². The van der Waals surface area contributed by atoms with Crippen LogP contribution < -0.4 is 5.32 Å². The van der Waals surface area contributed by atoms with Gasteiger partial charge in [-0.3, -0.25) is 14.7 Å². The third-order valence-corrected chi connectivity index (χ3v) is 5.46. The lowest BCUT2D eigenvalue weighted by Crippen LogP contribution is -2.18. The molecule has 2 aromatic carbocycles. The van der Waals surface area contributed by atoms with E-state index in [-0.39, 0.29) is 16.5 Å². The molecular weight excluding hydrogens is 410 g/mol. The fourth-order valence-corrected chi connectivity index (χ4v) is 3.95. The first kappa shape index (κ1) is 19.7. The van der Waals surface area contributed by atoms with Crippen molar-refractivity contribution in [2.24, 2.45) is 0 Å². The number of anilines is 1. The monoisotopic (exact) mass is 424 g/mol. The van der Waals surface area contributed by atoms with E-state index in [1.54, 1.807) is 4.57 Å². The van der Waals surface area contributed by atoms with Crippen molar-refractivity contribution < 1.29 is 9.18 Å². The van der Waals surface area contributed by atoms with E-state index in [0.29, 0.717) is 22.5 Å². The maximum Gasteiger partial charge on any atom is 0.262 e. The molecule has 0 aliphatic carbocycles. The SMILES string of the molecule is CCn1c(NC(=O)c2c(F)cccc2Cl)nnc1SCc1ccccc1Cl. The number of hydrogen-bond acceptors (Lipinski definition) is 4. The van der Waals surface area contributed by atoms with Gasteiger partial charge in [-0.25, -0.2) is 4.39 Å². The Balaban J connectivity index is 1.78. The number of benzene rings is 2. The van der Waals surface area contributed by atoms with Crippen molar-refractivity contribution >= 4 is 46.8 Å². The molecule has 1 aromatic heterocycles. The van der Waals surface area contributed by atoms with Crippen molar-refractivity contribution in [1.82, 2.24) is 14.8 Å². The normalized spacial score (nSPS) is 10.8. The van der Waals surface area contributed by atoms with Gasteiger partial charge < -0.3 is 0 Å². The van der Waals surface area contributed by atoms with E-state index < -0.39 is 11.7 Å². The zero-order valence-corrected chi connectivity index (χ0v) is 16.6. The standard InChI is InChI=1S/C18H15Cl2FN4OS/c1-2-25-17(22-16(26)15-13(20)8-5-9-14(15)21)23-24-18(25)27-10-11-6-3-4-7-12(11)19/h3-9H,2,10H2,1H3,(H,22,23,26). The predicted octanol–water partition coefficient (Wildman–Crippen LogP) is 5.29. The van der Waals surface area contributed by atoms with Gasteiger partial charge >= 0.3 is 0 Å². The van der Waals surface area contributed by atoms with Gasteiger partial charge in [-0.1, -0.05) is 59.2 Å². The molecule has 0 spiro atoms. The number of aromatic nitrogens is 3. The molecule has 0 fully saturated rings. The Morgan fingerprint density at radius 2 is 1.89 bits per heavy atom. The van der Waals surface area contributed by atoms with Crippen LogP contribution in [0, 0.1) is 5.82 Å². The minimum Gasteiger partial charge on any atom is -0.290 e. The predicted molar refractivity (Wildman–Crippen MR) is 106 cm³/mol. The van der Waals surface area contributed by atoms with Crippen LogP contribution in [-0.2, 0) is 12.3 Å². The molecular formula is C18H15Cl2FN4OS. The molecule has 0 atom stereocenters. The number of thioether (sulfide) groups is 1. The molecule has 0 bridgehead atoms. The average molecular weight is 425 g/mol. The second-order valence-corrected chi connectivity index (χ2v) is 7.24. The van der Waals surface area contributed by atoms with Crippen LogP contribution in [0.15, 0.2) is 47.6 Å². The largest absolute Gasteiger partial charge is 0.290 e. The minimum atomic E-state index is -0.698. The first-order chi connectivity index (χ1) is 13.0. The van der Waals surface area contributed by atoms with E-state index in [9.17, 15) is 9.18 Å². The molecule has 0 radical (unpaired) electrons. The Hall–Kier alpha value is -2.09. The summed E-state index contributed by atoms with van der Waals surface area (Å²) in [6.07, 6.45) is 0. The molecule has 0 saturated carbocycles. The molecule has 3 aromatic rings. The first-order valence-electron chi connectivity index (χ1n) is 8.06. The number of amides is 1. The van der Waals surface area contributed by atoms with Crippen LogP contribution in [0.5, 0.6) is 0 Å². The highest BCUT2D eigenvalue weighted by atomic mass is 35.5. The topological polar surface area (TPSA) is 59.8 Å². The maximum absolute atomic E-state index is 13.9. The van der Waals surface area contributed by atoms with Crippen molar-refractivity contribution in [2.45, 2.75) is 24.4 Å². The van der Waals surface area contributed by atoms with Crippen molar-refractivity contribution in [3.63, 3.8) is 0 Å². The van der Waals surface area contributed by atoms with Gasteiger partial charge in [0.2, 0.25) is 5.95 Å². The third-order valence-electron chi connectivity index (χ3n) is 3.76. The van der Waals surface area contributed by atoms with Gasteiger partial charge in [0.05, 0.1) is 10.6 Å². The summed E-state index contributed by atoms with van der Waals surface area (Å²) in [7, 11) is 0. The molecule has 1 N–H and O–H groups in total. The first-order valence-corrected chi connectivity index (χ1v) is 9.80. The third kappa shape index (κ3) is 4.43. The number of carbonyl (C=O) groups excluding carboxylic acids is 1. The lowest BCUT2D eigenvalue weighted by Gasteiger charge is -2.10. The van der Waals surface area contributed by atoms with E-state index in [0.717, 1.165) is 5.56 Å². The Morgan fingerprint density at radius 3 is 2.59 bits per heavy atom. The number of nitrogens with one attached hydrogen (secondary N) is 1. The Morgan fingerprint density at radius 1 is 1.15 bits per heavy atom. The quantitative estimate of drug-likeness (QED) is 0.546. The van der Waals surface area contributed by atoms with Crippen LogP contribution in [0.1, 0.15) is 22.8 Å². The number of nitrogens with zero attached hydrogens (tertiary/aromatic N) is 3. The van der Waals surface area contributed by atoms with Gasteiger partial charge in [-0.2, -0.15) is 0 Å². The van der Waals surface area contributed by atoms with Crippen LogP contribution in [0.3, 0.4) is 0 Å². The smallest absolute Gasteiger partial charge is 0.262 e. The maximum atomic E-state index is 13.9. The summed E-state index contributed by atoms with van der Waals surface area (Å²) < 4.78 is 15.7. The van der Waals surface area contributed by atoms with E-state index in [2.05, 4.69) is 15.5 Å². The number of hydrogen-bond donors (Lipinski definition) is 1. The number of carbonyl (C=O) groups is 1. The summed E-state index contributed by atoms with van der Waals surface area (Å²) in [6, 6.07) is 11.6. The van der Waals surface area contributed by atoms with Crippen LogP contribution in [0.4, 0.5) is 10.3 Å². The summed E-state index contributed by atoms with van der Waals surface area (Å²) in [4.78, 5) is 12.4. The van der Waals surface area contributed by atoms with Crippen LogP contribution >= 0.6 is 35.0 Å². The number of rotatable bonds is 6. The van der Waals surface area contributed by atoms with E-state index >= 15 is 0 Å². The molecule has 0 aliphatic rings. The van der Waals surface area contributed by atoms with Crippen LogP contribution in [0.2, 0.25) is 10.0 Å². The summed E-state index contributed by atoms with van der Waals surface area (Å²) in [5, 5.41) is 12.0. The molecule has 5 nitrogen and oxygen atoms in total. The van der Waals surface area contributed by atoms with Gasteiger partial charge in [0.15, 0.2) is 5.16 Å². The van der Waals surface area contributed by atoms with E-state index in [1.165, 1.54) is 30.0 Å². The van der Waals surface area contributed by atoms with Crippen molar-refractivity contribution in [1.29, 1.82) is 0 Å². The Bertz CT molecular complexity index is 959. The summed E-state index contributed by atoms with van der Waals surface area (Å²) in [5.41, 5.74) is 0.744. The zero-order chi connectivity index (χ0) is 19.4. The molecule has 9 heteroatoms. The molecule has 3 rings (SSSR count). The van der Waals surface area contributed by atoms with Gasteiger partial charge in [-0.15, -0.1) is 10.2 Å². The molecule has 140 valence electrons. The van der Waals surface area contributed by atoms with Gasteiger partial charge in [0.25, 0.3) is 5.91 Å². The molecule has 0 aliphatic heterocycles. The second kappa shape index (κ2) is 8.73. The fourth-order valence-electron chi connectivity index (χ4n) is 2.41. The van der Waals surface area contributed by atoms with Crippen molar-refractivity contribution in [3.05, 3.63) is 69.5 Å². The zero-order valence-electron chi connectivity index (χ0n) is 14.2. The summed E-state index contributed by atoms with van der Waals surface area (Å²) in [5.74, 6) is -0.549. The Kier molecular flexibility index (Phi) is 6.36.